The molecule has 3 rings (SSSR count). The summed E-state index contributed by atoms with van der Waals surface area (Å²) in [5.74, 6) is 0.567. The van der Waals surface area contributed by atoms with E-state index in [0.29, 0.717) is 37.7 Å². The van der Waals surface area contributed by atoms with Gasteiger partial charge in [0, 0.05) is 44.3 Å². The predicted molar refractivity (Wildman–Crippen MR) is 106 cm³/mol. The molecular weight excluding hydrogens is 400 g/mol. The highest BCUT2D eigenvalue weighted by Crippen LogP contribution is 2.22. The lowest BCUT2D eigenvalue weighted by atomic mass is 10.1. The van der Waals surface area contributed by atoms with Crippen molar-refractivity contribution in [2.24, 2.45) is 0 Å². The fraction of sp³-hybridized carbons (Fsp3) is 0.350. The zero-order valence-electron chi connectivity index (χ0n) is 15.7. The Balaban J connectivity index is 1.48. The molecule has 0 atom stereocenters. The van der Waals surface area contributed by atoms with Gasteiger partial charge in [0.05, 0.1) is 11.3 Å². The SMILES string of the molecule is O=C(CSCc1cccnc1)N1CCN(C(=O)c2ccccc2OC(F)F)CC1. The second kappa shape index (κ2) is 10.2. The predicted octanol–water partition coefficient (Wildman–Crippen LogP) is 2.90. The summed E-state index contributed by atoms with van der Waals surface area (Å²) in [6, 6.07) is 9.77. The fourth-order valence-corrected chi connectivity index (χ4v) is 3.87. The van der Waals surface area contributed by atoms with Crippen LogP contribution in [0, 0.1) is 0 Å². The van der Waals surface area contributed by atoms with Gasteiger partial charge in [0.2, 0.25) is 5.91 Å². The monoisotopic (exact) mass is 421 g/mol. The van der Waals surface area contributed by atoms with E-state index >= 15 is 0 Å². The lowest BCUT2D eigenvalue weighted by molar-refractivity contribution is -0.129. The van der Waals surface area contributed by atoms with Gasteiger partial charge in [-0.25, -0.2) is 0 Å². The van der Waals surface area contributed by atoms with Crippen molar-refractivity contribution in [3.05, 3.63) is 59.9 Å². The van der Waals surface area contributed by atoms with E-state index in [-0.39, 0.29) is 23.1 Å². The Hall–Kier alpha value is -2.68. The van der Waals surface area contributed by atoms with E-state index in [4.69, 9.17) is 0 Å². The first-order valence-corrected chi connectivity index (χ1v) is 10.3. The summed E-state index contributed by atoms with van der Waals surface area (Å²) in [5.41, 5.74) is 1.16. The third-order valence-corrected chi connectivity index (χ3v) is 5.46. The van der Waals surface area contributed by atoms with Crippen LogP contribution in [0.4, 0.5) is 8.78 Å². The van der Waals surface area contributed by atoms with Crippen LogP contribution in [-0.2, 0) is 10.5 Å². The minimum absolute atomic E-state index is 0.0208. The minimum Gasteiger partial charge on any atom is -0.434 e. The first-order chi connectivity index (χ1) is 14.0. The molecule has 1 aliphatic heterocycles. The van der Waals surface area contributed by atoms with Crippen molar-refractivity contribution in [1.82, 2.24) is 14.8 Å². The van der Waals surface area contributed by atoms with Gasteiger partial charge in [0.25, 0.3) is 5.91 Å². The zero-order valence-corrected chi connectivity index (χ0v) is 16.5. The van der Waals surface area contributed by atoms with E-state index in [0.717, 1.165) is 5.56 Å². The second-order valence-corrected chi connectivity index (χ2v) is 7.39. The van der Waals surface area contributed by atoms with Gasteiger partial charge in [0.15, 0.2) is 0 Å². The third kappa shape index (κ3) is 5.90. The van der Waals surface area contributed by atoms with E-state index in [9.17, 15) is 18.4 Å². The number of thioether (sulfide) groups is 1. The van der Waals surface area contributed by atoms with Crippen LogP contribution in [0.15, 0.2) is 48.8 Å². The molecule has 154 valence electrons. The first kappa shape index (κ1) is 21.0. The molecule has 0 radical (unpaired) electrons. The van der Waals surface area contributed by atoms with Crippen LogP contribution in [0.2, 0.25) is 0 Å². The molecule has 9 heteroatoms. The van der Waals surface area contributed by atoms with Gasteiger partial charge in [-0.3, -0.25) is 14.6 Å². The van der Waals surface area contributed by atoms with Gasteiger partial charge in [-0.15, -0.1) is 11.8 Å². The summed E-state index contributed by atoms with van der Waals surface area (Å²) in [6.07, 6.45) is 3.48. The average Bonchev–Trinajstić information content (AvgIpc) is 2.74. The molecular formula is C20H21F2N3O3S. The summed E-state index contributed by atoms with van der Waals surface area (Å²) >= 11 is 1.52. The molecule has 1 aliphatic rings. The lowest BCUT2D eigenvalue weighted by Crippen LogP contribution is -2.51. The number of benzene rings is 1. The molecule has 2 aromatic rings. The Labute approximate surface area is 171 Å². The topological polar surface area (TPSA) is 62.7 Å². The average molecular weight is 421 g/mol. The van der Waals surface area contributed by atoms with Crippen molar-refractivity contribution in [3.8, 4) is 5.75 Å². The largest absolute Gasteiger partial charge is 0.434 e. The number of piperazine rings is 1. The zero-order chi connectivity index (χ0) is 20.6. The number of alkyl halides is 2. The van der Waals surface area contributed by atoms with Crippen molar-refractivity contribution in [3.63, 3.8) is 0 Å². The van der Waals surface area contributed by atoms with Crippen molar-refractivity contribution in [2.75, 3.05) is 31.9 Å². The highest BCUT2D eigenvalue weighted by Gasteiger charge is 2.26. The van der Waals surface area contributed by atoms with E-state index in [2.05, 4.69) is 9.72 Å². The molecule has 1 aromatic heterocycles. The molecule has 0 saturated carbocycles. The van der Waals surface area contributed by atoms with Gasteiger partial charge in [-0.2, -0.15) is 8.78 Å². The lowest BCUT2D eigenvalue weighted by Gasteiger charge is -2.35. The fourth-order valence-electron chi connectivity index (χ4n) is 3.00. The van der Waals surface area contributed by atoms with E-state index in [1.165, 1.54) is 30.0 Å². The molecule has 6 nitrogen and oxygen atoms in total. The first-order valence-electron chi connectivity index (χ1n) is 9.12. The molecule has 2 amide bonds. The third-order valence-electron chi connectivity index (χ3n) is 4.47. The summed E-state index contributed by atoms with van der Waals surface area (Å²) in [7, 11) is 0. The van der Waals surface area contributed by atoms with E-state index in [1.807, 2.05) is 12.1 Å². The molecule has 1 saturated heterocycles. The van der Waals surface area contributed by atoms with Gasteiger partial charge in [-0.1, -0.05) is 18.2 Å². The maximum absolute atomic E-state index is 12.7. The number of amides is 2. The standard InChI is InChI=1S/C20H21F2N3O3S/c21-20(22)28-17-6-2-1-5-16(17)19(27)25-10-8-24(9-11-25)18(26)14-29-13-15-4-3-7-23-12-15/h1-7,12,20H,8-11,13-14H2. The summed E-state index contributed by atoms with van der Waals surface area (Å²) in [4.78, 5) is 32.4. The van der Waals surface area contributed by atoms with Crippen molar-refractivity contribution >= 4 is 23.6 Å². The Morgan fingerprint density at radius 2 is 1.79 bits per heavy atom. The number of hydrogen-bond donors (Lipinski definition) is 0. The smallest absolute Gasteiger partial charge is 0.387 e. The van der Waals surface area contributed by atoms with Gasteiger partial charge < -0.3 is 14.5 Å². The number of carbonyl (C=O) groups is 2. The summed E-state index contributed by atoms with van der Waals surface area (Å²) < 4.78 is 29.6. The molecule has 2 heterocycles. The van der Waals surface area contributed by atoms with Crippen molar-refractivity contribution in [1.29, 1.82) is 0 Å². The van der Waals surface area contributed by atoms with Crippen LogP contribution in [0.3, 0.4) is 0 Å². The number of carbonyl (C=O) groups excluding carboxylic acids is 2. The molecule has 1 aromatic carbocycles. The molecule has 1 fully saturated rings. The van der Waals surface area contributed by atoms with E-state index < -0.39 is 6.61 Å². The van der Waals surface area contributed by atoms with Crippen LogP contribution in [0.25, 0.3) is 0 Å². The van der Waals surface area contributed by atoms with E-state index in [1.54, 1.807) is 28.3 Å². The Morgan fingerprint density at radius 1 is 1.07 bits per heavy atom. The Morgan fingerprint density at radius 3 is 2.48 bits per heavy atom. The number of hydrogen-bond acceptors (Lipinski definition) is 5. The van der Waals surface area contributed by atoms with Crippen molar-refractivity contribution in [2.45, 2.75) is 12.4 Å². The van der Waals surface area contributed by atoms with Crippen LogP contribution in [0.1, 0.15) is 15.9 Å². The molecule has 29 heavy (non-hydrogen) atoms. The molecule has 0 N–H and O–H groups in total. The number of aromatic nitrogens is 1. The number of rotatable bonds is 7. The normalized spacial score (nSPS) is 14.2. The summed E-state index contributed by atoms with van der Waals surface area (Å²) in [6.45, 7) is -1.48. The quantitative estimate of drug-likeness (QED) is 0.688. The minimum atomic E-state index is -3.00. The Bertz CT molecular complexity index is 831. The maximum Gasteiger partial charge on any atom is 0.387 e. The maximum atomic E-state index is 12.7. The van der Waals surface area contributed by atoms with Crippen molar-refractivity contribution < 1.29 is 23.1 Å². The van der Waals surface area contributed by atoms with Crippen LogP contribution in [-0.4, -0.2) is 65.1 Å². The van der Waals surface area contributed by atoms with Gasteiger partial charge >= 0.3 is 6.61 Å². The molecule has 0 bridgehead atoms. The second-order valence-electron chi connectivity index (χ2n) is 6.40. The number of halogens is 2. The van der Waals surface area contributed by atoms with Crippen LogP contribution in [0.5, 0.6) is 5.75 Å². The van der Waals surface area contributed by atoms with Gasteiger partial charge in [0.1, 0.15) is 5.75 Å². The highest BCUT2D eigenvalue weighted by atomic mass is 32.2. The Kier molecular flexibility index (Phi) is 7.40. The van der Waals surface area contributed by atoms with Crippen LogP contribution < -0.4 is 4.74 Å². The van der Waals surface area contributed by atoms with Crippen LogP contribution >= 0.6 is 11.8 Å². The highest BCUT2D eigenvalue weighted by molar-refractivity contribution is 7.99. The molecule has 0 aliphatic carbocycles. The number of nitrogens with zero attached hydrogens (tertiary/aromatic N) is 3. The molecule has 0 unspecified atom stereocenters. The number of para-hydroxylation sites is 1. The molecule has 0 spiro atoms. The number of ether oxygens (including phenoxy) is 1. The number of pyridine rings is 1. The van der Waals surface area contributed by atoms with Gasteiger partial charge in [-0.05, 0) is 23.8 Å². The summed E-state index contributed by atoms with van der Waals surface area (Å²) in [5, 5.41) is 0.